The molecule has 2 aromatic rings. The number of benzene rings is 1. The molecule has 1 atom stereocenters. The summed E-state index contributed by atoms with van der Waals surface area (Å²) in [6.45, 7) is 0.542. The smallest absolute Gasteiger partial charge is 0.282 e. The number of hydrogen-bond donors (Lipinski definition) is 1. The van der Waals surface area contributed by atoms with E-state index >= 15 is 0 Å². The third kappa shape index (κ3) is 2.30. The first-order chi connectivity index (χ1) is 11.2. The lowest BCUT2D eigenvalue weighted by molar-refractivity contribution is 0.233. The summed E-state index contributed by atoms with van der Waals surface area (Å²) < 4.78 is 11.0. The van der Waals surface area contributed by atoms with E-state index in [4.69, 9.17) is 15.2 Å². The van der Waals surface area contributed by atoms with Gasteiger partial charge in [-0.05, 0) is 30.0 Å². The number of nitrogens with zero attached hydrogens (tertiary/aromatic N) is 3. The van der Waals surface area contributed by atoms with E-state index in [1.165, 1.54) is 11.1 Å². The molecule has 0 amide bonds. The highest BCUT2D eigenvalue weighted by atomic mass is 16.5. The van der Waals surface area contributed by atoms with Crippen molar-refractivity contribution in [2.24, 2.45) is 10.7 Å². The zero-order valence-corrected chi connectivity index (χ0v) is 13.0. The van der Waals surface area contributed by atoms with Gasteiger partial charge < -0.3 is 15.2 Å². The van der Waals surface area contributed by atoms with Crippen LogP contribution in [0.3, 0.4) is 0 Å². The average Bonchev–Trinajstić information content (AvgIpc) is 2.94. The summed E-state index contributed by atoms with van der Waals surface area (Å²) in [5, 5.41) is 0. The van der Waals surface area contributed by atoms with E-state index < -0.39 is 0 Å². The molecular formula is C17H18N4O2. The van der Waals surface area contributed by atoms with Crippen LogP contribution < -0.4 is 10.5 Å². The van der Waals surface area contributed by atoms with Crippen LogP contribution >= 0.6 is 0 Å². The molecule has 1 aromatic carbocycles. The Balaban J connectivity index is 1.82. The first kappa shape index (κ1) is 14.0. The Morgan fingerprint density at radius 2 is 2.04 bits per heavy atom. The normalized spacial score (nSPS) is 22.4. The fraction of sp³-hybridized carbons (Fsp3) is 0.353. The molecule has 23 heavy (non-hydrogen) atoms. The molecule has 1 aliphatic carbocycles. The van der Waals surface area contributed by atoms with Gasteiger partial charge in [0.25, 0.3) is 6.02 Å². The van der Waals surface area contributed by atoms with Crippen LogP contribution in [-0.4, -0.2) is 35.2 Å². The largest absolute Gasteiger partial charge is 0.496 e. The second-order valence-electron chi connectivity index (χ2n) is 6.04. The minimum Gasteiger partial charge on any atom is -0.496 e. The van der Waals surface area contributed by atoms with Crippen LogP contribution in [0, 0.1) is 0 Å². The maximum atomic E-state index is 5.73. The summed E-state index contributed by atoms with van der Waals surface area (Å²) >= 11 is 0. The van der Waals surface area contributed by atoms with E-state index in [2.05, 4.69) is 21.0 Å². The Morgan fingerprint density at radius 1 is 1.22 bits per heavy atom. The molecule has 0 saturated carbocycles. The maximum absolute atomic E-state index is 5.73. The van der Waals surface area contributed by atoms with Gasteiger partial charge in [0, 0.05) is 29.9 Å². The number of rotatable bonds is 2. The van der Waals surface area contributed by atoms with Gasteiger partial charge in [0.2, 0.25) is 0 Å². The Labute approximate surface area is 134 Å². The lowest BCUT2D eigenvalue weighted by Gasteiger charge is -2.32. The Kier molecular flexibility index (Phi) is 3.18. The highest BCUT2D eigenvalue weighted by molar-refractivity contribution is 5.75. The third-order valence-corrected chi connectivity index (χ3v) is 4.66. The Hall–Kier alpha value is -2.63. The summed E-state index contributed by atoms with van der Waals surface area (Å²) in [6, 6.07) is 4.38. The number of aromatic nitrogens is 2. The average molecular weight is 310 g/mol. The van der Waals surface area contributed by atoms with Crippen LogP contribution in [0.5, 0.6) is 5.75 Å². The van der Waals surface area contributed by atoms with Crippen molar-refractivity contribution in [3.63, 3.8) is 0 Å². The van der Waals surface area contributed by atoms with Crippen molar-refractivity contribution >= 4 is 6.02 Å². The van der Waals surface area contributed by atoms with Crippen LogP contribution in [0.25, 0.3) is 11.1 Å². The van der Waals surface area contributed by atoms with Crippen molar-refractivity contribution in [2.75, 3.05) is 13.7 Å². The lowest BCUT2D eigenvalue weighted by Crippen LogP contribution is -2.36. The van der Waals surface area contributed by atoms with Gasteiger partial charge in [-0.2, -0.15) is 0 Å². The van der Waals surface area contributed by atoms with Gasteiger partial charge >= 0.3 is 0 Å². The van der Waals surface area contributed by atoms with Crippen LogP contribution in [0.2, 0.25) is 0 Å². The molecule has 6 nitrogen and oxygen atoms in total. The SMILES string of the molecule is COc1ccc(-c2cncnc2)c2c1C[C@]1(CC2)COC(N)=N1. The van der Waals surface area contributed by atoms with Crippen molar-refractivity contribution in [3.8, 4) is 16.9 Å². The molecule has 0 unspecified atom stereocenters. The fourth-order valence-electron chi connectivity index (χ4n) is 3.55. The zero-order valence-electron chi connectivity index (χ0n) is 13.0. The fourth-order valence-corrected chi connectivity index (χ4v) is 3.55. The number of hydrogen-bond acceptors (Lipinski definition) is 6. The molecule has 1 aromatic heterocycles. The predicted molar refractivity (Wildman–Crippen MR) is 86.4 cm³/mol. The van der Waals surface area contributed by atoms with Gasteiger partial charge in [0.1, 0.15) is 24.2 Å². The van der Waals surface area contributed by atoms with Crippen molar-refractivity contribution < 1.29 is 9.47 Å². The van der Waals surface area contributed by atoms with E-state index in [-0.39, 0.29) is 5.54 Å². The topological polar surface area (TPSA) is 82.6 Å². The molecule has 0 radical (unpaired) electrons. The number of amidine groups is 1. The minimum absolute atomic E-state index is 0.254. The maximum Gasteiger partial charge on any atom is 0.282 e. The van der Waals surface area contributed by atoms with Gasteiger partial charge in [-0.1, -0.05) is 6.07 Å². The lowest BCUT2D eigenvalue weighted by atomic mass is 9.76. The van der Waals surface area contributed by atoms with Crippen molar-refractivity contribution in [1.82, 2.24) is 9.97 Å². The number of nitrogens with two attached hydrogens (primary N) is 1. The zero-order chi connectivity index (χ0) is 15.9. The molecule has 2 heterocycles. The van der Waals surface area contributed by atoms with E-state index in [0.717, 1.165) is 36.1 Å². The number of ether oxygens (including phenoxy) is 2. The van der Waals surface area contributed by atoms with Gasteiger partial charge in [-0.15, -0.1) is 0 Å². The number of methoxy groups -OCH3 is 1. The molecule has 0 fully saturated rings. The second kappa shape index (κ2) is 5.22. The summed E-state index contributed by atoms with van der Waals surface area (Å²) in [5.74, 6) is 0.889. The Bertz CT molecular complexity index is 776. The first-order valence-corrected chi connectivity index (χ1v) is 7.63. The molecule has 2 N–H and O–H groups in total. The highest BCUT2D eigenvalue weighted by Crippen LogP contribution is 2.42. The summed E-state index contributed by atoms with van der Waals surface area (Å²) in [6.07, 6.45) is 7.81. The van der Waals surface area contributed by atoms with Gasteiger partial charge in [0.05, 0.1) is 7.11 Å². The predicted octanol–water partition coefficient (Wildman–Crippen LogP) is 1.72. The molecule has 0 saturated heterocycles. The van der Waals surface area contributed by atoms with Gasteiger partial charge in [-0.25, -0.2) is 15.0 Å². The number of fused-ring (bicyclic) bond motifs is 1. The Morgan fingerprint density at radius 3 is 2.74 bits per heavy atom. The molecule has 118 valence electrons. The summed E-state index contributed by atoms with van der Waals surface area (Å²) in [7, 11) is 1.70. The summed E-state index contributed by atoms with van der Waals surface area (Å²) in [5.41, 5.74) is 10.1. The van der Waals surface area contributed by atoms with Crippen LogP contribution in [0.15, 0.2) is 35.8 Å². The molecular weight excluding hydrogens is 292 g/mol. The molecule has 4 rings (SSSR count). The molecule has 0 bridgehead atoms. The second-order valence-corrected chi connectivity index (χ2v) is 6.04. The van der Waals surface area contributed by atoms with E-state index in [1.54, 1.807) is 13.4 Å². The first-order valence-electron chi connectivity index (χ1n) is 7.63. The minimum atomic E-state index is -0.254. The molecule has 1 spiro atoms. The van der Waals surface area contributed by atoms with Crippen molar-refractivity contribution in [2.45, 2.75) is 24.8 Å². The van der Waals surface area contributed by atoms with Crippen LogP contribution in [-0.2, 0) is 17.6 Å². The van der Waals surface area contributed by atoms with Gasteiger partial charge in [-0.3, -0.25) is 0 Å². The van der Waals surface area contributed by atoms with E-state index in [1.807, 2.05) is 18.5 Å². The van der Waals surface area contributed by atoms with Crippen molar-refractivity contribution in [3.05, 3.63) is 42.0 Å². The quantitative estimate of drug-likeness (QED) is 0.913. The summed E-state index contributed by atoms with van der Waals surface area (Å²) in [4.78, 5) is 12.8. The van der Waals surface area contributed by atoms with E-state index in [0.29, 0.717) is 12.6 Å². The third-order valence-electron chi connectivity index (χ3n) is 4.66. The van der Waals surface area contributed by atoms with Crippen molar-refractivity contribution in [1.29, 1.82) is 0 Å². The monoisotopic (exact) mass is 310 g/mol. The molecule has 1 aliphatic heterocycles. The van der Waals surface area contributed by atoms with Gasteiger partial charge in [0.15, 0.2) is 0 Å². The van der Waals surface area contributed by atoms with Crippen LogP contribution in [0.4, 0.5) is 0 Å². The number of aliphatic imine (C=N–C) groups is 1. The molecule has 6 heteroatoms. The standard InChI is InChI=1S/C17H18N4O2/c1-22-15-3-2-12(11-7-19-10-20-8-11)13-4-5-17(6-14(13)15)9-23-16(18)21-17/h2-3,7-8,10H,4-6,9H2,1H3,(H2,18,21)/t17-/m1/s1. The highest BCUT2D eigenvalue weighted by Gasteiger charge is 2.41. The van der Waals surface area contributed by atoms with Crippen LogP contribution in [0.1, 0.15) is 17.5 Å². The molecule has 2 aliphatic rings. The van der Waals surface area contributed by atoms with E-state index in [9.17, 15) is 0 Å².